The molecule has 0 aromatic heterocycles. The summed E-state index contributed by atoms with van der Waals surface area (Å²) in [6.45, 7) is 0. The molecule has 0 spiro atoms. The third-order valence-corrected chi connectivity index (χ3v) is 5.33. The van der Waals surface area contributed by atoms with Crippen molar-refractivity contribution < 1.29 is 19.8 Å². The standard InChI is InChI=1S/C19H28N2O4/c20-17(23)15-8-4-5-11-19(15,25)16(18(21)24)12-14(22)10-9-13-6-2-1-3-7-13/h1-3,6-7,14-16,22,25H,4-5,8-12H2,(H2,20,23)(H2,21,24)/t14-,15?,16-,19-/m0/s1. The van der Waals surface area contributed by atoms with Crippen LogP contribution in [0, 0.1) is 11.8 Å². The summed E-state index contributed by atoms with van der Waals surface area (Å²) in [4.78, 5) is 23.7. The summed E-state index contributed by atoms with van der Waals surface area (Å²) in [5.41, 5.74) is 10.5. The fraction of sp³-hybridized carbons (Fsp3) is 0.579. The molecule has 1 fully saturated rings. The third-order valence-electron chi connectivity index (χ3n) is 5.33. The molecule has 2 rings (SSSR count). The Morgan fingerprint density at radius 2 is 1.88 bits per heavy atom. The molecule has 1 aliphatic carbocycles. The molecule has 138 valence electrons. The minimum atomic E-state index is -1.57. The van der Waals surface area contributed by atoms with Crippen molar-refractivity contribution in [1.29, 1.82) is 0 Å². The highest BCUT2D eigenvalue weighted by Crippen LogP contribution is 2.41. The lowest BCUT2D eigenvalue weighted by Crippen LogP contribution is -2.56. The second kappa shape index (κ2) is 8.45. The van der Waals surface area contributed by atoms with Crippen LogP contribution in [0.25, 0.3) is 0 Å². The lowest BCUT2D eigenvalue weighted by atomic mass is 9.66. The van der Waals surface area contributed by atoms with Gasteiger partial charge in [0.25, 0.3) is 0 Å². The highest BCUT2D eigenvalue weighted by atomic mass is 16.3. The van der Waals surface area contributed by atoms with Crippen LogP contribution in [0.15, 0.2) is 30.3 Å². The van der Waals surface area contributed by atoms with E-state index >= 15 is 0 Å². The van der Waals surface area contributed by atoms with Crippen molar-refractivity contribution >= 4 is 11.8 Å². The maximum absolute atomic E-state index is 12.0. The van der Waals surface area contributed by atoms with Crippen LogP contribution >= 0.6 is 0 Å². The molecule has 1 aromatic carbocycles. The molecule has 1 aliphatic rings. The molecule has 2 amide bonds. The van der Waals surface area contributed by atoms with Gasteiger partial charge >= 0.3 is 0 Å². The minimum absolute atomic E-state index is 0.0302. The Morgan fingerprint density at radius 1 is 1.20 bits per heavy atom. The number of hydrogen-bond donors (Lipinski definition) is 4. The number of carbonyl (C=O) groups excluding carboxylic acids is 2. The Hall–Kier alpha value is -1.92. The number of nitrogens with two attached hydrogens (primary N) is 2. The van der Waals surface area contributed by atoms with E-state index < -0.39 is 35.4 Å². The van der Waals surface area contributed by atoms with Gasteiger partial charge < -0.3 is 21.7 Å². The van der Waals surface area contributed by atoms with Crippen molar-refractivity contribution in [2.45, 2.75) is 56.7 Å². The first kappa shape index (κ1) is 19.4. The van der Waals surface area contributed by atoms with Gasteiger partial charge in [-0.2, -0.15) is 0 Å². The quantitative estimate of drug-likeness (QED) is 0.556. The van der Waals surface area contributed by atoms with Crippen molar-refractivity contribution in [1.82, 2.24) is 0 Å². The van der Waals surface area contributed by atoms with Crippen molar-refractivity contribution in [3.8, 4) is 0 Å². The second-order valence-corrected chi connectivity index (χ2v) is 7.06. The van der Waals surface area contributed by atoms with Crippen molar-refractivity contribution in [3.63, 3.8) is 0 Å². The van der Waals surface area contributed by atoms with Gasteiger partial charge in [-0.05, 0) is 37.7 Å². The Bertz CT molecular complexity index is 592. The summed E-state index contributed by atoms with van der Waals surface area (Å²) in [6.07, 6.45) is 2.55. The number of aliphatic hydroxyl groups excluding tert-OH is 1. The van der Waals surface area contributed by atoms with Gasteiger partial charge in [0.1, 0.15) is 0 Å². The van der Waals surface area contributed by atoms with Gasteiger partial charge in [-0.25, -0.2) is 0 Å². The van der Waals surface area contributed by atoms with E-state index in [0.717, 1.165) is 12.0 Å². The van der Waals surface area contributed by atoms with Gasteiger partial charge in [0.05, 0.1) is 23.5 Å². The largest absolute Gasteiger partial charge is 0.393 e. The van der Waals surface area contributed by atoms with E-state index in [1.807, 2.05) is 30.3 Å². The van der Waals surface area contributed by atoms with Gasteiger partial charge in [-0.3, -0.25) is 9.59 Å². The SMILES string of the molecule is NC(=O)C1CCCC[C@@]1(O)[C@@H](C[C@@H](O)CCc1ccccc1)C(N)=O. The smallest absolute Gasteiger partial charge is 0.223 e. The first-order chi connectivity index (χ1) is 11.8. The maximum atomic E-state index is 12.0. The van der Waals surface area contributed by atoms with Gasteiger partial charge in [-0.1, -0.05) is 43.2 Å². The van der Waals surface area contributed by atoms with Crippen LogP contribution in [0.5, 0.6) is 0 Å². The molecule has 0 radical (unpaired) electrons. The molecule has 4 atom stereocenters. The highest BCUT2D eigenvalue weighted by molar-refractivity contribution is 5.82. The summed E-state index contributed by atoms with van der Waals surface area (Å²) < 4.78 is 0. The maximum Gasteiger partial charge on any atom is 0.223 e. The van der Waals surface area contributed by atoms with E-state index in [9.17, 15) is 19.8 Å². The summed E-state index contributed by atoms with van der Waals surface area (Å²) >= 11 is 0. The molecule has 0 heterocycles. The van der Waals surface area contributed by atoms with Crippen LogP contribution < -0.4 is 11.5 Å². The third kappa shape index (κ3) is 4.80. The molecule has 25 heavy (non-hydrogen) atoms. The number of aryl methyl sites for hydroxylation is 1. The monoisotopic (exact) mass is 348 g/mol. The van der Waals surface area contributed by atoms with Crippen LogP contribution in [-0.2, 0) is 16.0 Å². The van der Waals surface area contributed by atoms with Crippen LogP contribution in [0.1, 0.15) is 44.1 Å². The fourth-order valence-electron chi connectivity index (χ4n) is 3.92. The van der Waals surface area contributed by atoms with Crippen LogP contribution in [0.4, 0.5) is 0 Å². The highest BCUT2D eigenvalue weighted by Gasteiger charge is 2.50. The van der Waals surface area contributed by atoms with Gasteiger partial charge in [0.2, 0.25) is 11.8 Å². The predicted molar refractivity (Wildman–Crippen MR) is 94.2 cm³/mol. The van der Waals surface area contributed by atoms with Crippen LogP contribution in [0.2, 0.25) is 0 Å². The topological polar surface area (TPSA) is 127 Å². The average Bonchev–Trinajstić information content (AvgIpc) is 2.58. The molecule has 6 nitrogen and oxygen atoms in total. The minimum Gasteiger partial charge on any atom is -0.393 e. The molecule has 6 heteroatoms. The molecule has 1 aromatic rings. The molecule has 1 unspecified atom stereocenters. The number of carbonyl (C=O) groups is 2. The van der Waals surface area contributed by atoms with Crippen LogP contribution in [0.3, 0.4) is 0 Å². The summed E-state index contributed by atoms with van der Waals surface area (Å²) in [5, 5.41) is 21.4. The van der Waals surface area contributed by atoms with Gasteiger partial charge in [-0.15, -0.1) is 0 Å². The molecular formula is C19H28N2O4. The zero-order valence-corrected chi connectivity index (χ0v) is 14.4. The van der Waals surface area contributed by atoms with Crippen molar-refractivity contribution in [2.24, 2.45) is 23.3 Å². The zero-order valence-electron chi connectivity index (χ0n) is 14.4. The lowest BCUT2D eigenvalue weighted by Gasteiger charge is -2.43. The number of aliphatic hydroxyl groups is 2. The zero-order chi connectivity index (χ0) is 18.4. The lowest BCUT2D eigenvalue weighted by molar-refractivity contribution is -0.155. The Kier molecular flexibility index (Phi) is 6.56. The number of benzene rings is 1. The molecule has 0 saturated heterocycles. The van der Waals surface area contributed by atoms with E-state index in [-0.39, 0.29) is 6.42 Å². The normalized spacial score (nSPS) is 25.9. The predicted octanol–water partition coefficient (Wildman–Crippen LogP) is 0.878. The van der Waals surface area contributed by atoms with E-state index in [2.05, 4.69) is 0 Å². The molecule has 1 saturated carbocycles. The Balaban J connectivity index is 2.06. The van der Waals surface area contributed by atoms with Crippen molar-refractivity contribution in [2.75, 3.05) is 0 Å². The molecule has 6 N–H and O–H groups in total. The first-order valence-corrected chi connectivity index (χ1v) is 8.87. The Morgan fingerprint density at radius 3 is 2.48 bits per heavy atom. The summed E-state index contributed by atoms with van der Waals surface area (Å²) in [5.74, 6) is -3.11. The van der Waals surface area contributed by atoms with E-state index in [0.29, 0.717) is 32.1 Å². The van der Waals surface area contributed by atoms with E-state index in [1.54, 1.807) is 0 Å². The molecule has 0 aliphatic heterocycles. The molecule has 0 bridgehead atoms. The van der Waals surface area contributed by atoms with Gasteiger partial charge in [0.15, 0.2) is 0 Å². The number of rotatable bonds is 8. The molecular weight excluding hydrogens is 320 g/mol. The first-order valence-electron chi connectivity index (χ1n) is 8.87. The number of primary amides is 2. The fourth-order valence-corrected chi connectivity index (χ4v) is 3.92. The van der Waals surface area contributed by atoms with Crippen molar-refractivity contribution in [3.05, 3.63) is 35.9 Å². The van der Waals surface area contributed by atoms with E-state index in [4.69, 9.17) is 11.5 Å². The van der Waals surface area contributed by atoms with Gasteiger partial charge in [0, 0.05) is 0 Å². The summed E-state index contributed by atoms with van der Waals surface area (Å²) in [7, 11) is 0. The van der Waals surface area contributed by atoms with E-state index in [1.165, 1.54) is 0 Å². The second-order valence-electron chi connectivity index (χ2n) is 7.06. The Labute approximate surface area is 148 Å². The average molecular weight is 348 g/mol. The number of hydrogen-bond acceptors (Lipinski definition) is 4. The summed E-state index contributed by atoms with van der Waals surface area (Å²) in [6, 6.07) is 9.71. The van der Waals surface area contributed by atoms with Crippen LogP contribution in [-0.4, -0.2) is 33.7 Å². The number of amides is 2.